The molecular formula is C21H25ClN4. The van der Waals surface area contributed by atoms with Gasteiger partial charge in [0.25, 0.3) is 0 Å². The SMILES string of the molecule is CCC(C)(C)NCc1nn(Cc2cccc(Cl)c2)nc1-c1ccccc1. The molecule has 0 fully saturated rings. The van der Waals surface area contributed by atoms with Gasteiger partial charge in [-0.15, -0.1) is 0 Å². The molecule has 0 unspecified atom stereocenters. The number of rotatable bonds is 7. The zero-order chi connectivity index (χ0) is 18.6. The van der Waals surface area contributed by atoms with Gasteiger partial charge in [0.1, 0.15) is 11.4 Å². The van der Waals surface area contributed by atoms with E-state index in [4.69, 9.17) is 21.8 Å². The van der Waals surface area contributed by atoms with E-state index in [-0.39, 0.29) is 5.54 Å². The van der Waals surface area contributed by atoms with Crippen LogP contribution in [-0.2, 0) is 13.1 Å². The van der Waals surface area contributed by atoms with Gasteiger partial charge in [0.15, 0.2) is 0 Å². The number of hydrogen-bond acceptors (Lipinski definition) is 3. The highest BCUT2D eigenvalue weighted by molar-refractivity contribution is 6.30. The van der Waals surface area contributed by atoms with Crippen LogP contribution in [0.5, 0.6) is 0 Å². The predicted octanol–water partition coefficient (Wildman–Crippen LogP) is 4.93. The lowest BCUT2D eigenvalue weighted by Crippen LogP contribution is -2.38. The van der Waals surface area contributed by atoms with Gasteiger partial charge in [-0.05, 0) is 38.0 Å². The first kappa shape index (κ1) is 18.6. The summed E-state index contributed by atoms with van der Waals surface area (Å²) in [5.74, 6) is 0. The first-order chi connectivity index (χ1) is 12.5. The Hall–Kier alpha value is -2.17. The van der Waals surface area contributed by atoms with Crippen molar-refractivity contribution in [1.29, 1.82) is 0 Å². The average molecular weight is 369 g/mol. The lowest BCUT2D eigenvalue weighted by atomic mass is 10.0. The molecule has 0 saturated carbocycles. The maximum atomic E-state index is 6.10. The fraction of sp³-hybridized carbons (Fsp3) is 0.333. The highest BCUT2D eigenvalue weighted by Crippen LogP contribution is 2.21. The normalized spacial score (nSPS) is 11.7. The third kappa shape index (κ3) is 4.71. The Kier molecular flexibility index (Phi) is 5.74. The molecule has 0 radical (unpaired) electrons. The minimum absolute atomic E-state index is 0.0602. The molecule has 0 bridgehead atoms. The largest absolute Gasteiger partial charge is 0.306 e. The zero-order valence-electron chi connectivity index (χ0n) is 15.5. The molecule has 0 saturated heterocycles. The molecular weight excluding hydrogens is 344 g/mol. The summed E-state index contributed by atoms with van der Waals surface area (Å²) in [5.41, 5.74) is 4.10. The monoisotopic (exact) mass is 368 g/mol. The summed E-state index contributed by atoms with van der Waals surface area (Å²) in [6.45, 7) is 7.86. The molecule has 4 nitrogen and oxygen atoms in total. The van der Waals surface area contributed by atoms with E-state index in [9.17, 15) is 0 Å². The van der Waals surface area contributed by atoms with E-state index in [2.05, 4.69) is 38.2 Å². The van der Waals surface area contributed by atoms with Crippen LogP contribution in [0.15, 0.2) is 54.6 Å². The second kappa shape index (κ2) is 8.02. The quantitative estimate of drug-likeness (QED) is 0.643. The van der Waals surface area contributed by atoms with Gasteiger partial charge in [-0.25, -0.2) is 0 Å². The van der Waals surface area contributed by atoms with Gasteiger partial charge in [-0.1, -0.05) is 61.0 Å². The molecule has 0 amide bonds. The summed E-state index contributed by atoms with van der Waals surface area (Å²) in [5, 5.41) is 13.8. The highest BCUT2D eigenvalue weighted by Gasteiger charge is 2.18. The lowest BCUT2D eigenvalue weighted by Gasteiger charge is -2.24. The average Bonchev–Trinajstić information content (AvgIpc) is 3.04. The summed E-state index contributed by atoms with van der Waals surface area (Å²) in [6, 6.07) is 18.0. The predicted molar refractivity (Wildman–Crippen MR) is 107 cm³/mol. The van der Waals surface area contributed by atoms with Crippen molar-refractivity contribution >= 4 is 11.6 Å². The number of halogens is 1. The molecule has 1 aromatic heterocycles. The Morgan fingerprint density at radius 2 is 1.81 bits per heavy atom. The van der Waals surface area contributed by atoms with Crippen molar-refractivity contribution < 1.29 is 0 Å². The van der Waals surface area contributed by atoms with Crippen molar-refractivity contribution in [2.75, 3.05) is 0 Å². The van der Waals surface area contributed by atoms with E-state index in [0.29, 0.717) is 13.1 Å². The molecule has 2 aromatic carbocycles. The van der Waals surface area contributed by atoms with Crippen molar-refractivity contribution in [1.82, 2.24) is 20.3 Å². The van der Waals surface area contributed by atoms with Crippen molar-refractivity contribution in [3.05, 3.63) is 70.9 Å². The molecule has 3 rings (SSSR count). The van der Waals surface area contributed by atoms with E-state index in [1.165, 1.54) is 0 Å². The van der Waals surface area contributed by atoms with Crippen LogP contribution in [0.25, 0.3) is 11.3 Å². The van der Waals surface area contributed by atoms with Crippen LogP contribution < -0.4 is 5.32 Å². The van der Waals surface area contributed by atoms with Crippen LogP contribution in [0.4, 0.5) is 0 Å². The molecule has 0 aliphatic rings. The van der Waals surface area contributed by atoms with Crippen molar-refractivity contribution in [3.8, 4) is 11.3 Å². The van der Waals surface area contributed by atoms with Crippen molar-refractivity contribution in [2.45, 2.75) is 45.8 Å². The smallest absolute Gasteiger partial charge is 0.117 e. The summed E-state index contributed by atoms with van der Waals surface area (Å²) < 4.78 is 0. The summed E-state index contributed by atoms with van der Waals surface area (Å²) in [7, 11) is 0. The van der Waals surface area contributed by atoms with Crippen molar-refractivity contribution in [2.24, 2.45) is 0 Å². The first-order valence-electron chi connectivity index (χ1n) is 8.96. The Balaban J connectivity index is 1.89. The fourth-order valence-electron chi connectivity index (χ4n) is 2.64. The maximum Gasteiger partial charge on any atom is 0.117 e. The second-order valence-electron chi connectivity index (χ2n) is 7.11. The number of benzene rings is 2. The molecule has 136 valence electrons. The van der Waals surface area contributed by atoms with E-state index < -0.39 is 0 Å². The van der Waals surface area contributed by atoms with E-state index >= 15 is 0 Å². The number of hydrogen-bond donors (Lipinski definition) is 1. The van der Waals surface area contributed by atoms with Crippen molar-refractivity contribution in [3.63, 3.8) is 0 Å². The number of aromatic nitrogens is 3. The molecule has 5 heteroatoms. The molecule has 0 spiro atoms. The van der Waals surface area contributed by atoms with Crippen LogP contribution in [0.2, 0.25) is 5.02 Å². The summed E-state index contributed by atoms with van der Waals surface area (Å²) >= 11 is 6.10. The van der Waals surface area contributed by atoms with Gasteiger partial charge in [-0.2, -0.15) is 15.0 Å². The molecule has 1 N–H and O–H groups in total. The Morgan fingerprint density at radius 1 is 1.04 bits per heavy atom. The maximum absolute atomic E-state index is 6.10. The fourth-order valence-corrected chi connectivity index (χ4v) is 2.85. The van der Waals surface area contributed by atoms with Gasteiger partial charge in [0.05, 0.1) is 6.54 Å². The Morgan fingerprint density at radius 3 is 2.50 bits per heavy atom. The second-order valence-corrected chi connectivity index (χ2v) is 7.55. The highest BCUT2D eigenvalue weighted by atomic mass is 35.5. The van der Waals surface area contributed by atoms with Gasteiger partial charge in [-0.3, -0.25) is 0 Å². The van der Waals surface area contributed by atoms with Crippen LogP contribution in [0, 0.1) is 0 Å². The van der Waals surface area contributed by atoms with E-state index in [1.54, 1.807) is 4.80 Å². The molecule has 1 heterocycles. The molecule has 0 aliphatic carbocycles. The van der Waals surface area contributed by atoms with E-state index in [1.807, 2.05) is 42.5 Å². The van der Waals surface area contributed by atoms with Crippen LogP contribution in [-0.4, -0.2) is 20.5 Å². The van der Waals surface area contributed by atoms with Gasteiger partial charge in [0, 0.05) is 22.7 Å². The summed E-state index contributed by atoms with van der Waals surface area (Å²) in [6.07, 6.45) is 1.05. The minimum Gasteiger partial charge on any atom is -0.306 e. The minimum atomic E-state index is 0.0602. The topological polar surface area (TPSA) is 42.7 Å². The first-order valence-corrected chi connectivity index (χ1v) is 9.33. The standard InChI is InChI=1S/C21H25ClN4/c1-4-21(2,3)23-14-19-20(17-10-6-5-7-11-17)25-26(24-19)15-16-9-8-12-18(22)13-16/h5-13,23H,4,14-15H2,1-3H3. The van der Waals surface area contributed by atoms with Gasteiger partial charge in [0.2, 0.25) is 0 Å². The van der Waals surface area contributed by atoms with Gasteiger partial charge < -0.3 is 5.32 Å². The Labute approximate surface area is 160 Å². The molecule has 3 aromatic rings. The van der Waals surface area contributed by atoms with Crippen LogP contribution in [0.1, 0.15) is 38.4 Å². The Bertz CT molecular complexity index is 855. The lowest BCUT2D eigenvalue weighted by molar-refractivity contribution is 0.371. The number of nitrogens with zero attached hydrogens (tertiary/aromatic N) is 3. The molecule has 0 atom stereocenters. The molecule has 0 aliphatic heterocycles. The van der Waals surface area contributed by atoms with Crippen LogP contribution >= 0.6 is 11.6 Å². The van der Waals surface area contributed by atoms with Crippen LogP contribution in [0.3, 0.4) is 0 Å². The van der Waals surface area contributed by atoms with E-state index in [0.717, 1.165) is 34.0 Å². The molecule has 26 heavy (non-hydrogen) atoms. The van der Waals surface area contributed by atoms with Gasteiger partial charge >= 0.3 is 0 Å². The number of nitrogens with one attached hydrogen (secondary N) is 1. The third-order valence-electron chi connectivity index (χ3n) is 4.60. The zero-order valence-corrected chi connectivity index (χ0v) is 16.3. The third-order valence-corrected chi connectivity index (χ3v) is 4.84. The summed E-state index contributed by atoms with van der Waals surface area (Å²) in [4.78, 5) is 1.75.